The number of nitrogens with zero attached hydrogens (tertiary/aromatic N) is 2. The van der Waals surface area contributed by atoms with Crippen LogP contribution in [0.2, 0.25) is 5.02 Å². The number of hydrogen-bond acceptors (Lipinski definition) is 4. The van der Waals surface area contributed by atoms with Crippen molar-refractivity contribution in [3.63, 3.8) is 0 Å². The van der Waals surface area contributed by atoms with Crippen LogP contribution in [0.4, 0.5) is 4.39 Å². The van der Waals surface area contributed by atoms with Crippen molar-refractivity contribution in [2.45, 2.75) is 6.92 Å². The molecule has 5 nitrogen and oxygen atoms in total. The van der Waals surface area contributed by atoms with Gasteiger partial charge in [-0.25, -0.2) is 14.2 Å². The maximum Gasteiger partial charge on any atom is 0.347 e. The van der Waals surface area contributed by atoms with E-state index in [0.29, 0.717) is 5.56 Å². The van der Waals surface area contributed by atoms with Crippen molar-refractivity contribution in [2.24, 2.45) is 0 Å². The van der Waals surface area contributed by atoms with Gasteiger partial charge in [0.1, 0.15) is 15.7 Å². The van der Waals surface area contributed by atoms with E-state index >= 15 is 0 Å². The van der Waals surface area contributed by atoms with Crippen LogP contribution < -0.4 is 5.56 Å². The zero-order valence-electron chi connectivity index (χ0n) is 12.3. The van der Waals surface area contributed by atoms with Gasteiger partial charge in [-0.1, -0.05) is 41.1 Å². The van der Waals surface area contributed by atoms with Gasteiger partial charge in [0.15, 0.2) is 4.96 Å². The summed E-state index contributed by atoms with van der Waals surface area (Å²) < 4.78 is 14.1. The Morgan fingerprint density at radius 1 is 1.33 bits per heavy atom. The van der Waals surface area contributed by atoms with Gasteiger partial charge in [-0.3, -0.25) is 9.20 Å². The van der Waals surface area contributed by atoms with Crippen molar-refractivity contribution in [1.29, 1.82) is 0 Å². The molecule has 1 N–H and O–H groups in total. The lowest BCUT2D eigenvalue weighted by atomic mass is 10.2. The van der Waals surface area contributed by atoms with Crippen LogP contribution in [0.25, 0.3) is 17.1 Å². The third-order valence-electron chi connectivity index (χ3n) is 3.38. The normalized spacial score (nSPS) is 11.5. The van der Waals surface area contributed by atoms with Crippen LogP contribution in [0.15, 0.2) is 29.1 Å². The zero-order valence-corrected chi connectivity index (χ0v) is 13.9. The largest absolute Gasteiger partial charge is 0.477 e. The molecule has 0 saturated heterocycles. The summed E-state index contributed by atoms with van der Waals surface area (Å²) in [7, 11) is 0. The lowest BCUT2D eigenvalue weighted by molar-refractivity contribution is 0.0701. The quantitative estimate of drug-likeness (QED) is 0.768. The van der Waals surface area contributed by atoms with Crippen LogP contribution in [0, 0.1) is 12.7 Å². The van der Waals surface area contributed by atoms with E-state index in [1.54, 1.807) is 18.2 Å². The number of carboxylic acids is 1. The van der Waals surface area contributed by atoms with Gasteiger partial charge in [0.2, 0.25) is 0 Å². The first-order valence-electron chi connectivity index (χ1n) is 6.77. The Kier molecular flexibility index (Phi) is 4.21. The van der Waals surface area contributed by atoms with Crippen molar-refractivity contribution < 1.29 is 14.3 Å². The van der Waals surface area contributed by atoms with Gasteiger partial charge in [-0.2, -0.15) is 0 Å². The highest BCUT2D eigenvalue weighted by atomic mass is 35.5. The number of fused-ring (bicyclic) bond motifs is 1. The number of thiazole rings is 1. The van der Waals surface area contributed by atoms with Gasteiger partial charge < -0.3 is 5.11 Å². The molecule has 3 aromatic rings. The Balaban J connectivity index is 2.12. The number of aromatic nitrogens is 2. The minimum Gasteiger partial charge on any atom is -0.477 e. The highest BCUT2D eigenvalue weighted by Gasteiger charge is 2.19. The van der Waals surface area contributed by atoms with Crippen molar-refractivity contribution in [2.75, 3.05) is 0 Å². The highest BCUT2D eigenvalue weighted by Crippen LogP contribution is 2.23. The molecule has 0 amide bonds. The first-order chi connectivity index (χ1) is 11.4. The van der Waals surface area contributed by atoms with Crippen LogP contribution in [-0.4, -0.2) is 20.5 Å². The number of aromatic carboxylic acids is 1. The number of carbonyl (C=O) groups is 1. The monoisotopic (exact) mass is 364 g/mol. The van der Waals surface area contributed by atoms with Crippen LogP contribution in [0.3, 0.4) is 0 Å². The predicted octanol–water partition coefficient (Wildman–Crippen LogP) is 3.73. The molecule has 2 aromatic heterocycles. The molecular weight excluding hydrogens is 355 g/mol. The summed E-state index contributed by atoms with van der Waals surface area (Å²) >= 11 is 6.98. The molecule has 0 bridgehead atoms. The molecule has 3 rings (SSSR count). The Morgan fingerprint density at radius 3 is 2.62 bits per heavy atom. The second-order valence-corrected chi connectivity index (χ2v) is 6.30. The van der Waals surface area contributed by atoms with E-state index in [-0.39, 0.29) is 32.1 Å². The molecule has 0 aliphatic carbocycles. The molecule has 1 aromatic carbocycles. The standard InChI is InChI=1S/C16H10ClFN2O3S/c1-8-13(15(22)23)24-16-19-11(12(17)14(21)20(8)16)7-4-9-2-5-10(18)6-3-9/h2-7H,1H3,(H,22,23). The number of rotatable bonds is 3. The first-order valence-corrected chi connectivity index (χ1v) is 7.96. The maximum absolute atomic E-state index is 12.9. The average molecular weight is 365 g/mol. The summed E-state index contributed by atoms with van der Waals surface area (Å²) in [6.07, 6.45) is 3.18. The molecule has 8 heteroatoms. The molecule has 0 aliphatic rings. The molecule has 0 aliphatic heterocycles. The van der Waals surface area contributed by atoms with Crippen LogP contribution in [0.1, 0.15) is 26.6 Å². The second kappa shape index (κ2) is 6.18. The number of halogens is 2. The summed E-state index contributed by atoms with van der Waals surface area (Å²) in [5.41, 5.74) is 0.699. The molecular formula is C16H10ClFN2O3S. The fourth-order valence-corrected chi connectivity index (χ4v) is 3.34. The van der Waals surface area contributed by atoms with Gasteiger partial charge in [-0.05, 0) is 30.7 Å². The van der Waals surface area contributed by atoms with Crippen molar-refractivity contribution in [3.8, 4) is 0 Å². The Bertz CT molecular complexity index is 1040. The summed E-state index contributed by atoms with van der Waals surface area (Å²) in [5.74, 6) is -1.47. The van der Waals surface area contributed by atoms with E-state index in [1.807, 2.05) is 0 Å². The van der Waals surface area contributed by atoms with Crippen molar-refractivity contribution in [3.05, 3.63) is 67.3 Å². The van der Waals surface area contributed by atoms with Crippen LogP contribution >= 0.6 is 22.9 Å². The minimum absolute atomic E-state index is 0.0373. The van der Waals surface area contributed by atoms with Gasteiger partial charge >= 0.3 is 5.97 Å². The predicted molar refractivity (Wildman–Crippen MR) is 91.4 cm³/mol. The summed E-state index contributed by atoms with van der Waals surface area (Å²) in [6, 6.07) is 5.77. The Labute approximate surface area is 144 Å². The summed E-state index contributed by atoms with van der Waals surface area (Å²) in [5, 5.41) is 9.05. The first kappa shape index (κ1) is 16.4. The molecule has 0 radical (unpaired) electrons. The zero-order chi connectivity index (χ0) is 17.4. The van der Waals surface area contributed by atoms with Crippen molar-refractivity contribution >= 4 is 46.0 Å². The molecule has 0 saturated carbocycles. The van der Waals surface area contributed by atoms with E-state index < -0.39 is 11.5 Å². The molecule has 0 spiro atoms. The second-order valence-electron chi connectivity index (χ2n) is 4.94. The lowest BCUT2D eigenvalue weighted by Crippen LogP contribution is -2.17. The molecule has 24 heavy (non-hydrogen) atoms. The lowest BCUT2D eigenvalue weighted by Gasteiger charge is -2.00. The van der Waals surface area contributed by atoms with Crippen molar-refractivity contribution in [1.82, 2.24) is 9.38 Å². The molecule has 0 unspecified atom stereocenters. The SMILES string of the molecule is Cc1c(C(=O)O)sc2nc(C=Cc3ccc(F)cc3)c(Cl)c(=O)n12. The number of carboxylic acid groups (broad SMARTS) is 1. The highest BCUT2D eigenvalue weighted by molar-refractivity contribution is 7.18. The van der Waals surface area contributed by atoms with E-state index in [4.69, 9.17) is 16.7 Å². The van der Waals surface area contributed by atoms with E-state index in [1.165, 1.54) is 29.5 Å². The fraction of sp³-hybridized carbons (Fsp3) is 0.0625. The van der Waals surface area contributed by atoms with Gasteiger partial charge in [-0.15, -0.1) is 0 Å². The molecule has 2 heterocycles. The van der Waals surface area contributed by atoms with E-state index in [2.05, 4.69) is 4.98 Å². The van der Waals surface area contributed by atoms with Gasteiger partial charge in [0, 0.05) is 0 Å². The van der Waals surface area contributed by atoms with Crippen LogP contribution in [-0.2, 0) is 0 Å². The number of hydrogen-bond donors (Lipinski definition) is 1. The maximum atomic E-state index is 12.9. The van der Waals surface area contributed by atoms with E-state index in [9.17, 15) is 14.0 Å². The third kappa shape index (κ3) is 2.83. The summed E-state index contributed by atoms with van der Waals surface area (Å²) in [4.78, 5) is 28.1. The Morgan fingerprint density at radius 2 is 2.00 bits per heavy atom. The minimum atomic E-state index is -1.12. The number of aryl methyl sites for hydroxylation is 1. The number of benzene rings is 1. The topological polar surface area (TPSA) is 71.7 Å². The van der Waals surface area contributed by atoms with Crippen LogP contribution in [0.5, 0.6) is 0 Å². The molecule has 0 atom stereocenters. The smallest absolute Gasteiger partial charge is 0.347 e. The molecule has 122 valence electrons. The van der Waals surface area contributed by atoms with Gasteiger partial charge in [0.05, 0.1) is 11.4 Å². The summed E-state index contributed by atoms with van der Waals surface area (Å²) in [6.45, 7) is 1.53. The molecule has 0 fully saturated rings. The van der Waals surface area contributed by atoms with E-state index in [0.717, 1.165) is 11.3 Å². The third-order valence-corrected chi connectivity index (χ3v) is 4.86. The Hall–Kier alpha value is -2.51. The fourth-order valence-electron chi connectivity index (χ4n) is 2.19. The van der Waals surface area contributed by atoms with Gasteiger partial charge in [0.25, 0.3) is 5.56 Å². The average Bonchev–Trinajstić information content (AvgIpc) is 2.88.